The number of hydrogen-bond acceptors (Lipinski definition) is 1. The average Bonchev–Trinajstić information content (AvgIpc) is 2.18. The Balaban J connectivity index is 2.82. The summed E-state index contributed by atoms with van der Waals surface area (Å²) >= 11 is 0. The van der Waals surface area contributed by atoms with Crippen molar-refractivity contribution >= 4 is 5.91 Å². The van der Waals surface area contributed by atoms with Crippen molar-refractivity contribution in [1.29, 1.82) is 0 Å². The highest BCUT2D eigenvalue weighted by atomic mass is 19.1. The highest BCUT2D eigenvalue weighted by Gasteiger charge is 2.05. The Kier molecular flexibility index (Phi) is 3.24. The quantitative estimate of drug-likeness (QED) is 0.705. The van der Waals surface area contributed by atoms with Gasteiger partial charge in [-0.15, -0.1) is 6.42 Å². The summed E-state index contributed by atoms with van der Waals surface area (Å²) < 4.78 is 12.9. The summed E-state index contributed by atoms with van der Waals surface area (Å²) in [5.41, 5.74) is 0.859. The molecular weight excluding hydrogens is 181 g/mol. The minimum absolute atomic E-state index is 0.176. The van der Waals surface area contributed by atoms with Crippen molar-refractivity contribution in [2.75, 3.05) is 6.54 Å². The summed E-state index contributed by atoms with van der Waals surface area (Å²) in [5.74, 6) is 1.68. The first kappa shape index (κ1) is 10.3. The van der Waals surface area contributed by atoms with E-state index in [1.807, 2.05) is 0 Å². The van der Waals surface area contributed by atoms with Crippen molar-refractivity contribution in [3.05, 3.63) is 35.1 Å². The average molecular weight is 191 g/mol. The molecule has 0 unspecified atom stereocenters. The summed E-state index contributed by atoms with van der Waals surface area (Å²) in [6, 6.07) is 4.18. The van der Waals surface area contributed by atoms with Gasteiger partial charge in [0.05, 0.1) is 6.54 Å². The van der Waals surface area contributed by atoms with Crippen LogP contribution in [0.2, 0.25) is 0 Å². The van der Waals surface area contributed by atoms with Crippen LogP contribution in [0.5, 0.6) is 0 Å². The van der Waals surface area contributed by atoms with Gasteiger partial charge in [-0.2, -0.15) is 0 Å². The fourth-order valence-corrected chi connectivity index (χ4v) is 1.02. The molecule has 0 heterocycles. The number of nitrogens with one attached hydrogen (secondary N) is 1. The minimum Gasteiger partial charge on any atom is -0.341 e. The summed E-state index contributed by atoms with van der Waals surface area (Å²) in [6.45, 7) is 1.78. The maximum atomic E-state index is 12.9. The Bertz CT molecular complexity index is 393. The van der Waals surface area contributed by atoms with Crippen molar-refractivity contribution in [1.82, 2.24) is 5.32 Å². The molecular formula is C11H10FNO. The van der Waals surface area contributed by atoms with Crippen molar-refractivity contribution in [3.8, 4) is 12.3 Å². The molecule has 1 amide bonds. The normalized spacial score (nSPS) is 9.21. The van der Waals surface area contributed by atoms with Gasteiger partial charge in [0, 0.05) is 5.56 Å². The number of terminal acetylenes is 1. The maximum absolute atomic E-state index is 12.9. The number of aryl methyl sites for hydroxylation is 1. The van der Waals surface area contributed by atoms with Gasteiger partial charge in [-0.1, -0.05) is 5.92 Å². The SMILES string of the molecule is C#CCNC(=O)c1ccc(F)c(C)c1. The molecule has 0 aromatic heterocycles. The predicted molar refractivity (Wildman–Crippen MR) is 52.3 cm³/mol. The molecule has 0 aliphatic carbocycles. The molecule has 0 spiro atoms. The summed E-state index contributed by atoms with van der Waals surface area (Å²) in [7, 11) is 0. The van der Waals surface area contributed by atoms with Crippen molar-refractivity contribution < 1.29 is 9.18 Å². The van der Waals surface area contributed by atoms with Crippen LogP contribution in [0.4, 0.5) is 4.39 Å². The Labute approximate surface area is 82.1 Å². The van der Waals surface area contributed by atoms with Gasteiger partial charge >= 0.3 is 0 Å². The van der Waals surface area contributed by atoms with E-state index in [2.05, 4.69) is 11.2 Å². The largest absolute Gasteiger partial charge is 0.341 e. The number of amides is 1. The number of rotatable bonds is 2. The van der Waals surface area contributed by atoms with Crippen LogP contribution in [0.1, 0.15) is 15.9 Å². The fourth-order valence-electron chi connectivity index (χ4n) is 1.02. The lowest BCUT2D eigenvalue weighted by molar-refractivity contribution is 0.0958. The monoisotopic (exact) mass is 191 g/mol. The van der Waals surface area contributed by atoms with Gasteiger partial charge in [0.1, 0.15) is 5.82 Å². The Hall–Kier alpha value is -1.82. The Morgan fingerprint density at radius 1 is 1.64 bits per heavy atom. The topological polar surface area (TPSA) is 29.1 Å². The Morgan fingerprint density at radius 3 is 2.93 bits per heavy atom. The second-order valence-electron chi connectivity index (χ2n) is 2.85. The van der Waals surface area contributed by atoms with Gasteiger partial charge in [0.25, 0.3) is 5.91 Å². The van der Waals surface area contributed by atoms with E-state index in [0.717, 1.165) is 0 Å². The molecule has 0 aliphatic heterocycles. The smallest absolute Gasteiger partial charge is 0.252 e. The predicted octanol–water partition coefficient (Wildman–Crippen LogP) is 1.50. The highest BCUT2D eigenvalue weighted by Crippen LogP contribution is 2.08. The lowest BCUT2D eigenvalue weighted by Gasteiger charge is -2.02. The van der Waals surface area contributed by atoms with E-state index in [-0.39, 0.29) is 18.3 Å². The van der Waals surface area contributed by atoms with Crippen molar-refractivity contribution in [2.24, 2.45) is 0 Å². The van der Waals surface area contributed by atoms with Crippen LogP contribution in [0.3, 0.4) is 0 Å². The van der Waals surface area contributed by atoms with E-state index in [1.165, 1.54) is 18.2 Å². The molecule has 72 valence electrons. The lowest BCUT2D eigenvalue weighted by Crippen LogP contribution is -2.23. The molecule has 3 heteroatoms. The van der Waals surface area contributed by atoms with E-state index in [4.69, 9.17) is 6.42 Å². The van der Waals surface area contributed by atoms with Gasteiger partial charge < -0.3 is 5.32 Å². The molecule has 0 aliphatic rings. The van der Waals surface area contributed by atoms with Gasteiger partial charge in [-0.25, -0.2) is 4.39 Å². The zero-order valence-corrected chi connectivity index (χ0v) is 7.80. The zero-order valence-electron chi connectivity index (χ0n) is 7.80. The van der Waals surface area contributed by atoms with Crippen molar-refractivity contribution in [2.45, 2.75) is 6.92 Å². The molecule has 1 N–H and O–H groups in total. The van der Waals surface area contributed by atoms with Gasteiger partial charge in [-0.05, 0) is 30.7 Å². The number of hydrogen-bond donors (Lipinski definition) is 1. The van der Waals surface area contributed by atoms with E-state index in [9.17, 15) is 9.18 Å². The molecule has 1 aromatic rings. The van der Waals surface area contributed by atoms with Crippen LogP contribution in [0.25, 0.3) is 0 Å². The molecule has 0 radical (unpaired) electrons. The van der Waals surface area contributed by atoms with Crippen LogP contribution in [0, 0.1) is 25.1 Å². The second kappa shape index (κ2) is 4.43. The minimum atomic E-state index is -0.321. The molecule has 1 rings (SSSR count). The van der Waals surface area contributed by atoms with E-state index < -0.39 is 0 Å². The van der Waals surface area contributed by atoms with Crippen LogP contribution in [-0.2, 0) is 0 Å². The van der Waals surface area contributed by atoms with Crippen LogP contribution < -0.4 is 5.32 Å². The first-order chi connectivity index (χ1) is 6.65. The lowest BCUT2D eigenvalue weighted by atomic mass is 10.1. The molecule has 0 saturated carbocycles. The van der Waals surface area contributed by atoms with Crippen LogP contribution in [0.15, 0.2) is 18.2 Å². The third-order valence-corrected chi connectivity index (χ3v) is 1.77. The Morgan fingerprint density at radius 2 is 2.36 bits per heavy atom. The molecule has 0 fully saturated rings. The molecule has 14 heavy (non-hydrogen) atoms. The summed E-state index contributed by atoms with van der Waals surface area (Å²) in [5, 5.41) is 2.50. The first-order valence-electron chi connectivity index (χ1n) is 4.13. The molecule has 0 saturated heterocycles. The number of halogens is 1. The number of carbonyl (C=O) groups is 1. The van der Waals surface area contributed by atoms with E-state index in [1.54, 1.807) is 6.92 Å². The molecule has 2 nitrogen and oxygen atoms in total. The van der Waals surface area contributed by atoms with E-state index in [0.29, 0.717) is 11.1 Å². The molecule has 0 atom stereocenters. The molecule has 0 bridgehead atoms. The van der Waals surface area contributed by atoms with Crippen molar-refractivity contribution in [3.63, 3.8) is 0 Å². The van der Waals surface area contributed by atoms with E-state index >= 15 is 0 Å². The maximum Gasteiger partial charge on any atom is 0.252 e. The number of carbonyl (C=O) groups excluding carboxylic acids is 1. The third-order valence-electron chi connectivity index (χ3n) is 1.77. The van der Waals surface area contributed by atoms with Crippen LogP contribution >= 0.6 is 0 Å². The highest BCUT2D eigenvalue weighted by molar-refractivity contribution is 5.94. The van der Waals surface area contributed by atoms with Crippen LogP contribution in [-0.4, -0.2) is 12.5 Å². The fraction of sp³-hybridized carbons (Fsp3) is 0.182. The first-order valence-corrected chi connectivity index (χ1v) is 4.13. The standard InChI is InChI=1S/C11H10FNO/c1-3-6-13-11(14)9-4-5-10(12)8(2)7-9/h1,4-5,7H,6H2,2H3,(H,13,14). The summed E-state index contributed by atoms with van der Waals surface area (Å²) in [6.07, 6.45) is 4.98. The van der Waals surface area contributed by atoms with Gasteiger partial charge in [0.15, 0.2) is 0 Å². The van der Waals surface area contributed by atoms with Gasteiger partial charge in [0.2, 0.25) is 0 Å². The third kappa shape index (κ3) is 2.33. The zero-order chi connectivity index (χ0) is 10.6. The number of benzene rings is 1. The second-order valence-corrected chi connectivity index (χ2v) is 2.85. The van der Waals surface area contributed by atoms with Gasteiger partial charge in [-0.3, -0.25) is 4.79 Å². The molecule has 1 aromatic carbocycles. The summed E-state index contributed by atoms with van der Waals surface area (Å²) in [4.78, 5) is 11.3.